The Morgan fingerprint density at radius 3 is 3.08 bits per heavy atom. The highest BCUT2D eigenvalue weighted by Crippen LogP contribution is 2.13. The Morgan fingerprint density at radius 1 is 1.54 bits per heavy atom. The summed E-state index contributed by atoms with van der Waals surface area (Å²) < 4.78 is 1.86. The maximum atomic E-state index is 10.5. The van der Waals surface area contributed by atoms with Gasteiger partial charge in [0, 0.05) is 23.7 Å². The normalized spacial score (nSPS) is 10.5. The minimum Gasteiger partial charge on any atom is -0.298 e. The van der Waals surface area contributed by atoms with Crippen molar-refractivity contribution in [3.63, 3.8) is 0 Å². The highest BCUT2D eigenvalue weighted by atomic mass is 16.1. The van der Waals surface area contributed by atoms with Gasteiger partial charge in [0.05, 0.1) is 5.52 Å². The van der Waals surface area contributed by atoms with Crippen LogP contribution >= 0.6 is 0 Å². The van der Waals surface area contributed by atoms with E-state index in [9.17, 15) is 4.79 Å². The van der Waals surface area contributed by atoms with Gasteiger partial charge in [-0.1, -0.05) is 0 Å². The monoisotopic (exact) mass is 174 g/mol. The molecular formula is C10H10N2O. The van der Waals surface area contributed by atoms with Gasteiger partial charge in [-0.3, -0.25) is 9.48 Å². The van der Waals surface area contributed by atoms with Gasteiger partial charge in [-0.25, -0.2) is 0 Å². The predicted molar refractivity (Wildman–Crippen MR) is 50.8 cm³/mol. The molecule has 0 radical (unpaired) electrons. The second-order valence-electron chi connectivity index (χ2n) is 2.92. The number of nitrogens with zero attached hydrogens (tertiary/aromatic N) is 2. The van der Waals surface area contributed by atoms with Crippen molar-refractivity contribution in [2.24, 2.45) is 0 Å². The average Bonchev–Trinajstić information content (AvgIpc) is 2.58. The molecule has 0 aliphatic heterocycles. The van der Waals surface area contributed by atoms with E-state index in [1.54, 1.807) is 6.07 Å². The number of aldehydes is 1. The van der Waals surface area contributed by atoms with E-state index in [-0.39, 0.29) is 0 Å². The van der Waals surface area contributed by atoms with Crippen LogP contribution in [0.5, 0.6) is 0 Å². The first kappa shape index (κ1) is 7.98. The molecule has 1 aromatic heterocycles. The van der Waals surface area contributed by atoms with Gasteiger partial charge in [-0.05, 0) is 25.1 Å². The van der Waals surface area contributed by atoms with Gasteiger partial charge in [-0.2, -0.15) is 5.10 Å². The summed E-state index contributed by atoms with van der Waals surface area (Å²) in [6.45, 7) is 2.89. The molecule has 0 N–H and O–H groups in total. The number of benzene rings is 1. The molecule has 2 aromatic rings. The summed E-state index contributed by atoms with van der Waals surface area (Å²) in [5, 5.41) is 5.33. The lowest BCUT2D eigenvalue weighted by molar-refractivity contribution is 0.112. The van der Waals surface area contributed by atoms with Crippen molar-refractivity contribution in [2.75, 3.05) is 0 Å². The summed E-state index contributed by atoms with van der Waals surface area (Å²) in [5.74, 6) is 0. The van der Waals surface area contributed by atoms with Crippen molar-refractivity contribution in [1.82, 2.24) is 9.78 Å². The average molecular weight is 174 g/mol. The molecule has 0 saturated carbocycles. The van der Waals surface area contributed by atoms with Gasteiger partial charge in [0.15, 0.2) is 0 Å². The van der Waals surface area contributed by atoms with Crippen LogP contribution in [0.2, 0.25) is 0 Å². The largest absolute Gasteiger partial charge is 0.298 e. The molecule has 0 spiro atoms. The molecule has 0 saturated heterocycles. The Labute approximate surface area is 76.0 Å². The van der Waals surface area contributed by atoms with E-state index in [1.807, 2.05) is 29.9 Å². The Morgan fingerprint density at radius 2 is 2.38 bits per heavy atom. The number of rotatable bonds is 2. The SMILES string of the molecule is CCn1cc2cc(C=O)ccc2n1. The van der Waals surface area contributed by atoms with E-state index in [0.717, 1.165) is 23.7 Å². The zero-order valence-electron chi connectivity index (χ0n) is 7.40. The lowest BCUT2D eigenvalue weighted by Gasteiger charge is -1.88. The van der Waals surface area contributed by atoms with Gasteiger partial charge >= 0.3 is 0 Å². The molecule has 1 heterocycles. The van der Waals surface area contributed by atoms with Crippen LogP contribution in [-0.4, -0.2) is 16.1 Å². The molecule has 0 unspecified atom stereocenters. The Bertz CT molecular complexity index is 445. The minimum atomic E-state index is 0.697. The van der Waals surface area contributed by atoms with Crippen LogP contribution in [0.15, 0.2) is 24.4 Å². The predicted octanol–water partition coefficient (Wildman–Crippen LogP) is 1.87. The second kappa shape index (κ2) is 3.01. The van der Waals surface area contributed by atoms with Crippen molar-refractivity contribution in [2.45, 2.75) is 13.5 Å². The summed E-state index contributed by atoms with van der Waals surface area (Å²) in [7, 11) is 0. The molecule has 0 bridgehead atoms. The van der Waals surface area contributed by atoms with Crippen molar-refractivity contribution in [3.05, 3.63) is 30.0 Å². The van der Waals surface area contributed by atoms with Crippen LogP contribution < -0.4 is 0 Å². The number of carbonyl (C=O) groups is 1. The molecule has 66 valence electrons. The van der Waals surface area contributed by atoms with Crippen LogP contribution in [0.1, 0.15) is 17.3 Å². The first-order valence-electron chi connectivity index (χ1n) is 4.26. The quantitative estimate of drug-likeness (QED) is 0.651. The molecule has 0 aliphatic carbocycles. The third-order valence-corrected chi connectivity index (χ3v) is 2.04. The molecule has 0 atom stereocenters. The van der Waals surface area contributed by atoms with Gasteiger partial charge in [0.25, 0.3) is 0 Å². The minimum absolute atomic E-state index is 0.697. The second-order valence-corrected chi connectivity index (χ2v) is 2.92. The first-order chi connectivity index (χ1) is 6.33. The first-order valence-corrected chi connectivity index (χ1v) is 4.26. The standard InChI is InChI=1S/C10H10N2O/c1-2-12-6-9-5-8(7-13)3-4-10(9)11-12/h3-7H,2H2,1H3. The molecule has 3 heteroatoms. The fourth-order valence-corrected chi connectivity index (χ4v) is 1.33. The summed E-state index contributed by atoms with van der Waals surface area (Å²) >= 11 is 0. The van der Waals surface area contributed by atoms with Crippen molar-refractivity contribution in [1.29, 1.82) is 0 Å². The highest BCUT2D eigenvalue weighted by molar-refractivity contribution is 5.86. The van der Waals surface area contributed by atoms with E-state index >= 15 is 0 Å². The fraction of sp³-hybridized carbons (Fsp3) is 0.200. The topological polar surface area (TPSA) is 34.9 Å². The third-order valence-electron chi connectivity index (χ3n) is 2.04. The summed E-state index contributed by atoms with van der Waals surface area (Å²) in [4.78, 5) is 10.5. The Kier molecular flexibility index (Phi) is 1.85. The molecule has 0 amide bonds. The molecule has 2 rings (SSSR count). The zero-order valence-corrected chi connectivity index (χ0v) is 7.40. The maximum Gasteiger partial charge on any atom is 0.150 e. The molecule has 3 nitrogen and oxygen atoms in total. The maximum absolute atomic E-state index is 10.5. The van der Waals surface area contributed by atoms with Crippen molar-refractivity contribution in [3.8, 4) is 0 Å². The van der Waals surface area contributed by atoms with Gasteiger partial charge < -0.3 is 0 Å². The molecule has 1 aromatic carbocycles. The summed E-state index contributed by atoms with van der Waals surface area (Å²) in [6, 6.07) is 5.50. The third kappa shape index (κ3) is 1.33. The number of hydrogen-bond acceptors (Lipinski definition) is 2. The smallest absolute Gasteiger partial charge is 0.150 e. The van der Waals surface area contributed by atoms with E-state index in [2.05, 4.69) is 5.10 Å². The number of aryl methyl sites for hydroxylation is 1. The fourth-order valence-electron chi connectivity index (χ4n) is 1.33. The van der Waals surface area contributed by atoms with Gasteiger partial charge in [-0.15, -0.1) is 0 Å². The van der Waals surface area contributed by atoms with Gasteiger partial charge in [0.1, 0.15) is 6.29 Å². The molecule has 13 heavy (non-hydrogen) atoms. The molecule has 0 aliphatic rings. The highest BCUT2D eigenvalue weighted by Gasteiger charge is 1.99. The Balaban J connectivity index is 2.63. The van der Waals surface area contributed by atoms with Crippen molar-refractivity contribution >= 4 is 17.2 Å². The van der Waals surface area contributed by atoms with E-state index < -0.39 is 0 Å². The summed E-state index contributed by atoms with van der Waals surface area (Å²) in [6.07, 6.45) is 2.80. The molecule has 0 fully saturated rings. The molecular weight excluding hydrogens is 164 g/mol. The van der Waals surface area contributed by atoms with Gasteiger partial charge in [0.2, 0.25) is 0 Å². The lowest BCUT2D eigenvalue weighted by Crippen LogP contribution is -1.92. The van der Waals surface area contributed by atoms with Crippen LogP contribution in [0.25, 0.3) is 10.9 Å². The lowest BCUT2D eigenvalue weighted by atomic mass is 10.2. The zero-order chi connectivity index (χ0) is 9.26. The van der Waals surface area contributed by atoms with Crippen molar-refractivity contribution < 1.29 is 4.79 Å². The van der Waals surface area contributed by atoms with E-state index in [1.165, 1.54) is 0 Å². The number of fused-ring (bicyclic) bond motifs is 1. The number of hydrogen-bond donors (Lipinski definition) is 0. The van der Waals surface area contributed by atoms with Crippen LogP contribution in [0.3, 0.4) is 0 Å². The van der Waals surface area contributed by atoms with E-state index in [0.29, 0.717) is 5.56 Å². The number of aromatic nitrogens is 2. The van der Waals surface area contributed by atoms with Crippen LogP contribution in [-0.2, 0) is 6.54 Å². The Hall–Kier alpha value is -1.64. The number of carbonyl (C=O) groups excluding carboxylic acids is 1. The van der Waals surface area contributed by atoms with E-state index in [4.69, 9.17) is 0 Å². The van der Waals surface area contributed by atoms with Crippen LogP contribution in [0.4, 0.5) is 0 Å². The van der Waals surface area contributed by atoms with Crippen LogP contribution in [0, 0.1) is 0 Å². The summed E-state index contributed by atoms with van der Waals surface area (Å²) in [5.41, 5.74) is 1.63.